The molecule has 0 spiro atoms. The highest BCUT2D eigenvalue weighted by Gasteiger charge is 2.30. The van der Waals surface area contributed by atoms with Gasteiger partial charge in [0.05, 0.1) is 12.1 Å². The predicted octanol–water partition coefficient (Wildman–Crippen LogP) is 3.15. The van der Waals surface area contributed by atoms with Crippen LogP contribution in [0.15, 0.2) is 23.4 Å². The molecule has 1 aliphatic heterocycles. The van der Waals surface area contributed by atoms with E-state index >= 15 is 0 Å². The molecule has 2 N–H and O–H groups in total. The summed E-state index contributed by atoms with van der Waals surface area (Å²) in [5.74, 6) is 0.349. The van der Waals surface area contributed by atoms with Crippen molar-refractivity contribution in [3.05, 3.63) is 23.4 Å². The minimum atomic E-state index is -4.21. The highest BCUT2D eigenvalue weighted by molar-refractivity contribution is 5.35. The second-order valence-electron chi connectivity index (χ2n) is 5.02. The molecule has 0 aliphatic carbocycles. The van der Waals surface area contributed by atoms with E-state index in [1.165, 1.54) is 0 Å². The lowest BCUT2D eigenvalue weighted by Gasteiger charge is -2.27. The van der Waals surface area contributed by atoms with Crippen LogP contribution in [0, 0.1) is 5.92 Å². The van der Waals surface area contributed by atoms with Crippen molar-refractivity contribution in [1.82, 2.24) is 5.32 Å². The first-order valence-electron chi connectivity index (χ1n) is 6.10. The second-order valence-corrected chi connectivity index (χ2v) is 5.02. The molecule has 0 aromatic rings. The Hall–Kier alpha value is -0.970. The van der Waals surface area contributed by atoms with Crippen molar-refractivity contribution in [2.75, 3.05) is 0 Å². The van der Waals surface area contributed by atoms with Crippen molar-refractivity contribution in [2.45, 2.75) is 51.9 Å². The van der Waals surface area contributed by atoms with Gasteiger partial charge in [0.15, 0.2) is 0 Å². The molecular weight excluding hydrogens is 243 g/mol. The Morgan fingerprint density at radius 3 is 2.44 bits per heavy atom. The average molecular weight is 263 g/mol. The lowest BCUT2D eigenvalue weighted by atomic mass is 9.91. The van der Waals surface area contributed by atoms with Crippen molar-refractivity contribution in [2.24, 2.45) is 5.92 Å². The number of hydrogen-bond donors (Lipinski definition) is 2. The number of halogens is 3. The molecule has 1 rings (SSSR count). The zero-order chi connectivity index (χ0) is 13.9. The molecular formula is C13H20F3NO. The van der Waals surface area contributed by atoms with Gasteiger partial charge in [0.25, 0.3) is 0 Å². The van der Waals surface area contributed by atoms with Crippen molar-refractivity contribution in [1.29, 1.82) is 0 Å². The van der Waals surface area contributed by atoms with Gasteiger partial charge in [-0.1, -0.05) is 19.9 Å². The molecule has 2 unspecified atom stereocenters. The summed E-state index contributed by atoms with van der Waals surface area (Å²) in [4.78, 5) is 0. The molecule has 0 fully saturated rings. The highest BCUT2D eigenvalue weighted by Crippen LogP contribution is 2.26. The van der Waals surface area contributed by atoms with Gasteiger partial charge in [-0.3, -0.25) is 0 Å². The van der Waals surface area contributed by atoms with Gasteiger partial charge in [-0.25, -0.2) is 0 Å². The normalized spacial score (nSPS) is 22.3. The smallest absolute Gasteiger partial charge is 0.389 e. The predicted molar refractivity (Wildman–Crippen MR) is 64.9 cm³/mol. The number of aliphatic hydroxyl groups is 1. The lowest BCUT2D eigenvalue weighted by molar-refractivity contribution is -0.140. The van der Waals surface area contributed by atoms with Crippen molar-refractivity contribution in [3.63, 3.8) is 0 Å². The van der Waals surface area contributed by atoms with E-state index in [-0.39, 0.29) is 6.42 Å². The molecule has 2 nitrogen and oxygen atoms in total. The van der Waals surface area contributed by atoms with Gasteiger partial charge in [0.2, 0.25) is 0 Å². The van der Waals surface area contributed by atoms with Crippen LogP contribution in [-0.4, -0.2) is 23.4 Å². The quantitative estimate of drug-likeness (QED) is 0.816. The maximum Gasteiger partial charge on any atom is 0.389 e. The van der Waals surface area contributed by atoms with E-state index in [0.29, 0.717) is 5.92 Å². The van der Waals surface area contributed by atoms with Crippen LogP contribution in [-0.2, 0) is 0 Å². The fourth-order valence-corrected chi connectivity index (χ4v) is 2.05. The zero-order valence-electron chi connectivity index (χ0n) is 10.9. The lowest BCUT2D eigenvalue weighted by Crippen LogP contribution is -2.38. The minimum Gasteiger partial charge on any atom is -0.391 e. The Morgan fingerprint density at radius 1 is 1.39 bits per heavy atom. The van der Waals surface area contributed by atoms with Crippen LogP contribution in [0.1, 0.15) is 33.6 Å². The van der Waals surface area contributed by atoms with Crippen molar-refractivity contribution in [3.8, 4) is 0 Å². The zero-order valence-corrected chi connectivity index (χ0v) is 10.9. The summed E-state index contributed by atoms with van der Waals surface area (Å²) in [6.45, 7) is 6.01. The maximum absolute atomic E-state index is 12.1. The summed E-state index contributed by atoms with van der Waals surface area (Å²) in [5, 5.41) is 12.7. The number of hydrogen-bond acceptors (Lipinski definition) is 2. The summed E-state index contributed by atoms with van der Waals surface area (Å²) in [5.41, 5.74) is 2.13. The molecule has 18 heavy (non-hydrogen) atoms. The average Bonchev–Trinajstić information content (AvgIpc) is 2.24. The third-order valence-electron chi connectivity index (χ3n) is 3.08. The van der Waals surface area contributed by atoms with Crippen molar-refractivity contribution < 1.29 is 18.3 Å². The first-order valence-corrected chi connectivity index (χ1v) is 6.10. The highest BCUT2D eigenvalue weighted by atomic mass is 19.4. The van der Waals surface area contributed by atoms with Gasteiger partial charge in [0.1, 0.15) is 0 Å². The Balaban J connectivity index is 2.56. The molecule has 104 valence electrons. The number of aliphatic hydroxyl groups excluding tert-OH is 1. The molecule has 0 bridgehead atoms. The van der Waals surface area contributed by atoms with Gasteiger partial charge in [-0.2, -0.15) is 13.2 Å². The molecule has 0 aromatic heterocycles. The number of dihydropyridines is 1. The summed E-state index contributed by atoms with van der Waals surface area (Å²) >= 11 is 0. The van der Waals surface area contributed by atoms with E-state index < -0.39 is 24.7 Å². The molecule has 1 heterocycles. The molecule has 0 saturated carbocycles. The van der Waals surface area contributed by atoms with E-state index in [2.05, 4.69) is 5.32 Å². The number of allylic oxidation sites excluding steroid dienone is 2. The number of nitrogens with one attached hydrogen (secondary N) is 1. The Kier molecular flexibility index (Phi) is 4.85. The molecule has 0 saturated heterocycles. The van der Waals surface area contributed by atoms with Gasteiger partial charge in [-0.05, 0) is 30.4 Å². The number of alkyl halides is 3. The van der Waals surface area contributed by atoms with Crippen LogP contribution in [0.3, 0.4) is 0 Å². The van der Waals surface area contributed by atoms with E-state index in [1.807, 2.05) is 20.8 Å². The van der Waals surface area contributed by atoms with Gasteiger partial charge in [-0.15, -0.1) is 0 Å². The van der Waals surface area contributed by atoms with Crippen LogP contribution in [0.4, 0.5) is 13.2 Å². The third-order valence-corrected chi connectivity index (χ3v) is 3.08. The maximum atomic E-state index is 12.1. The topological polar surface area (TPSA) is 32.3 Å². The Bertz CT molecular complexity index is 345. The fourth-order valence-electron chi connectivity index (χ4n) is 2.05. The van der Waals surface area contributed by atoms with Gasteiger partial charge in [0, 0.05) is 12.6 Å². The molecule has 0 aromatic carbocycles. The first-order chi connectivity index (χ1) is 8.20. The van der Waals surface area contributed by atoms with Crippen molar-refractivity contribution >= 4 is 0 Å². The van der Waals surface area contributed by atoms with Crippen LogP contribution in [0.5, 0.6) is 0 Å². The monoisotopic (exact) mass is 263 g/mol. The second kappa shape index (κ2) is 5.78. The first kappa shape index (κ1) is 15.1. The molecule has 5 heteroatoms. The number of rotatable bonds is 4. The van der Waals surface area contributed by atoms with E-state index in [1.54, 1.807) is 12.3 Å². The minimum absolute atomic E-state index is 0.282. The van der Waals surface area contributed by atoms with E-state index in [4.69, 9.17) is 0 Å². The van der Waals surface area contributed by atoms with Gasteiger partial charge >= 0.3 is 6.18 Å². The Labute approximate surface area is 106 Å². The van der Waals surface area contributed by atoms with Crippen LogP contribution in [0.25, 0.3) is 0 Å². The third kappa shape index (κ3) is 4.37. The molecule has 0 amide bonds. The van der Waals surface area contributed by atoms with Crippen LogP contribution >= 0.6 is 0 Å². The molecule has 0 radical (unpaired) electrons. The standard InChI is InChI=1S/C13H20F3NO/c1-8(2)10-7-17-11(6-9(10)3)12(18)4-5-13(14,15)16/h6-8,11-12,17-18H,4-5H2,1-3H3. The van der Waals surface area contributed by atoms with Crippen LogP contribution in [0.2, 0.25) is 0 Å². The summed E-state index contributed by atoms with van der Waals surface area (Å²) in [6, 6.07) is -0.435. The molecule has 2 atom stereocenters. The molecule has 1 aliphatic rings. The fraction of sp³-hybridized carbons (Fsp3) is 0.692. The van der Waals surface area contributed by atoms with Gasteiger partial charge < -0.3 is 10.4 Å². The van der Waals surface area contributed by atoms with Crippen LogP contribution < -0.4 is 5.32 Å². The van der Waals surface area contributed by atoms with E-state index in [9.17, 15) is 18.3 Å². The summed E-state index contributed by atoms with van der Waals surface area (Å²) in [7, 11) is 0. The largest absolute Gasteiger partial charge is 0.391 e. The summed E-state index contributed by atoms with van der Waals surface area (Å²) < 4.78 is 36.2. The SMILES string of the molecule is CC1=CC(C(O)CCC(F)(F)F)NC=C1C(C)C. The summed E-state index contributed by atoms with van der Waals surface area (Å²) in [6.07, 6.45) is -2.88. The Morgan fingerprint density at radius 2 is 2.00 bits per heavy atom. The van der Waals surface area contributed by atoms with E-state index in [0.717, 1.165) is 11.1 Å².